The van der Waals surface area contributed by atoms with Crippen molar-refractivity contribution in [2.24, 2.45) is 0 Å². The van der Waals surface area contributed by atoms with Crippen LogP contribution in [0.25, 0.3) is 6.08 Å². The minimum Gasteiger partial charge on any atom is -0.483 e. The minimum atomic E-state index is -0.910. The molecule has 11 heteroatoms. The number of nitrogens with one attached hydrogen (secondary N) is 2. The van der Waals surface area contributed by atoms with Gasteiger partial charge in [-0.25, -0.2) is 14.1 Å². The Bertz CT molecular complexity index is 1410. The van der Waals surface area contributed by atoms with Gasteiger partial charge in [0.15, 0.2) is 6.61 Å². The number of carbonyl (C=O) groups excluding carboxylic acids is 4. The van der Waals surface area contributed by atoms with Crippen molar-refractivity contribution in [3.63, 3.8) is 0 Å². The SMILES string of the molecule is O=C(COc1ccc(Br)cc1/C=C1\C(=O)NC(=O)N(c2cccc(Cl)c2)C1=O)Nc1ccc(F)cc1. The van der Waals surface area contributed by atoms with Crippen LogP contribution in [0.5, 0.6) is 5.75 Å². The van der Waals surface area contributed by atoms with Crippen LogP contribution in [0.3, 0.4) is 0 Å². The summed E-state index contributed by atoms with van der Waals surface area (Å²) in [5.41, 5.74) is 0.552. The highest BCUT2D eigenvalue weighted by molar-refractivity contribution is 9.10. The number of halogens is 3. The Morgan fingerprint density at radius 1 is 1.08 bits per heavy atom. The van der Waals surface area contributed by atoms with E-state index in [1.165, 1.54) is 42.5 Å². The number of hydrogen-bond acceptors (Lipinski definition) is 5. The van der Waals surface area contributed by atoms with Gasteiger partial charge in [-0.2, -0.15) is 0 Å². The molecule has 0 aromatic heterocycles. The topological polar surface area (TPSA) is 105 Å². The Hall–Kier alpha value is -4.02. The summed E-state index contributed by atoms with van der Waals surface area (Å²) >= 11 is 9.32. The average molecular weight is 573 g/mol. The molecule has 4 rings (SSSR count). The summed E-state index contributed by atoms with van der Waals surface area (Å²) < 4.78 is 19.3. The van der Waals surface area contributed by atoms with Gasteiger partial charge in [0.1, 0.15) is 17.1 Å². The summed E-state index contributed by atoms with van der Waals surface area (Å²) in [7, 11) is 0. The van der Waals surface area contributed by atoms with Gasteiger partial charge in [-0.1, -0.05) is 33.6 Å². The number of barbiturate groups is 1. The second kappa shape index (κ2) is 10.7. The van der Waals surface area contributed by atoms with Crippen molar-refractivity contribution in [1.82, 2.24) is 5.32 Å². The molecule has 1 heterocycles. The Balaban J connectivity index is 1.58. The van der Waals surface area contributed by atoms with E-state index in [4.69, 9.17) is 16.3 Å². The highest BCUT2D eigenvalue weighted by Gasteiger charge is 2.37. The zero-order valence-electron chi connectivity index (χ0n) is 18.3. The molecule has 0 unspecified atom stereocenters. The molecule has 0 atom stereocenters. The molecule has 1 aliphatic rings. The minimum absolute atomic E-state index is 0.187. The third-order valence-corrected chi connectivity index (χ3v) is 5.65. The number of rotatable bonds is 6. The molecule has 2 N–H and O–H groups in total. The van der Waals surface area contributed by atoms with Crippen LogP contribution < -0.4 is 20.3 Å². The maximum Gasteiger partial charge on any atom is 0.335 e. The van der Waals surface area contributed by atoms with Gasteiger partial charge in [0.05, 0.1) is 5.69 Å². The summed E-state index contributed by atoms with van der Waals surface area (Å²) in [6.45, 7) is -0.400. The van der Waals surface area contributed by atoms with Gasteiger partial charge in [-0.15, -0.1) is 0 Å². The van der Waals surface area contributed by atoms with Crippen molar-refractivity contribution in [3.05, 3.63) is 93.2 Å². The van der Waals surface area contributed by atoms with E-state index in [2.05, 4.69) is 26.6 Å². The molecule has 0 spiro atoms. The molecular formula is C25H16BrClFN3O5. The van der Waals surface area contributed by atoms with Gasteiger partial charge in [-0.3, -0.25) is 19.7 Å². The first-order valence-corrected chi connectivity index (χ1v) is 11.5. The molecule has 3 aromatic carbocycles. The lowest BCUT2D eigenvalue weighted by Gasteiger charge is -2.26. The highest BCUT2D eigenvalue weighted by Crippen LogP contribution is 2.29. The third kappa shape index (κ3) is 5.78. The predicted molar refractivity (Wildman–Crippen MR) is 135 cm³/mol. The van der Waals surface area contributed by atoms with E-state index in [1.807, 2.05) is 0 Å². The van der Waals surface area contributed by atoms with Crippen molar-refractivity contribution in [2.75, 3.05) is 16.8 Å². The fourth-order valence-corrected chi connectivity index (χ4v) is 3.86. The first kappa shape index (κ1) is 25.1. The van der Waals surface area contributed by atoms with Crippen molar-refractivity contribution < 1.29 is 28.3 Å². The van der Waals surface area contributed by atoms with Crippen molar-refractivity contribution in [1.29, 1.82) is 0 Å². The number of amides is 5. The summed E-state index contributed by atoms with van der Waals surface area (Å²) in [5, 5.41) is 5.01. The lowest BCUT2D eigenvalue weighted by atomic mass is 10.1. The highest BCUT2D eigenvalue weighted by atomic mass is 79.9. The largest absolute Gasteiger partial charge is 0.483 e. The zero-order valence-corrected chi connectivity index (χ0v) is 20.6. The monoisotopic (exact) mass is 571 g/mol. The third-order valence-electron chi connectivity index (χ3n) is 4.93. The van der Waals surface area contributed by atoms with Crippen LogP contribution in [0.15, 0.2) is 76.8 Å². The van der Waals surface area contributed by atoms with Gasteiger partial charge < -0.3 is 10.1 Å². The van der Waals surface area contributed by atoms with E-state index < -0.39 is 36.2 Å². The summed E-state index contributed by atoms with van der Waals surface area (Å²) in [6, 6.07) is 15.2. The summed E-state index contributed by atoms with van der Waals surface area (Å²) in [5.74, 6) is -2.48. The lowest BCUT2D eigenvalue weighted by molar-refractivity contribution is -0.122. The number of benzene rings is 3. The van der Waals surface area contributed by atoms with Crippen LogP contribution in [0.4, 0.5) is 20.6 Å². The number of ether oxygens (including phenoxy) is 1. The Morgan fingerprint density at radius 2 is 1.83 bits per heavy atom. The number of hydrogen-bond donors (Lipinski definition) is 2. The Kier molecular flexibility index (Phi) is 7.47. The molecular weight excluding hydrogens is 557 g/mol. The van der Waals surface area contributed by atoms with E-state index in [0.29, 0.717) is 20.7 Å². The standard InChI is InChI=1S/C25H16BrClFN3O5/c26-15-4-9-21(36-13-22(32)29-18-7-5-17(28)6-8-18)14(10-15)11-20-23(33)30-25(35)31(24(20)34)19-3-1-2-16(27)12-19/h1-12H,13H2,(H,29,32)(H,30,33,35)/b20-11+. The average Bonchev–Trinajstić information content (AvgIpc) is 2.82. The molecule has 1 aliphatic heterocycles. The number of anilines is 2. The van der Waals surface area contributed by atoms with Gasteiger partial charge in [0, 0.05) is 20.7 Å². The molecule has 0 bridgehead atoms. The maximum absolute atomic E-state index is 13.1. The molecule has 1 saturated heterocycles. The number of imide groups is 2. The smallest absolute Gasteiger partial charge is 0.335 e. The lowest BCUT2D eigenvalue weighted by Crippen LogP contribution is -2.54. The summed E-state index contributed by atoms with van der Waals surface area (Å²) in [4.78, 5) is 51.2. The van der Waals surface area contributed by atoms with Gasteiger partial charge >= 0.3 is 6.03 Å². The zero-order chi connectivity index (χ0) is 25.8. The van der Waals surface area contributed by atoms with E-state index in [-0.39, 0.29) is 17.0 Å². The number of urea groups is 1. The number of nitrogens with zero attached hydrogens (tertiary/aromatic N) is 1. The van der Waals surface area contributed by atoms with Gasteiger partial charge in [-0.05, 0) is 66.7 Å². The molecule has 1 fully saturated rings. The molecule has 182 valence electrons. The Morgan fingerprint density at radius 3 is 2.56 bits per heavy atom. The predicted octanol–water partition coefficient (Wildman–Crippen LogP) is 4.93. The molecule has 36 heavy (non-hydrogen) atoms. The van der Waals surface area contributed by atoms with Gasteiger partial charge in [0.25, 0.3) is 17.7 Å². The molecule has 5 amide bonds. The second-order valence-corrected chi connectivity index (χ2v) is 8.82. The van der Waals surface area contributed by atoms with Crippen LogP contribution >= 0.6 is 27.5 Å². The normalized spacial score (nSPS) is 14.6. The van der Waals surface area contributed by atoms with E-state index in [0.717, 1.165) is 4.90 Å². The fraction of sp³-hybridized carbons (Fsp3) is 0.0400. The molecule has 0 aliphatic carbocycles. The first-order chi connectivity index (χ1) is 17.2. The molecule has 3 aromatic rings. The Labute approximate surface area is 217 Å². The van der Waals surface area contributed by atoms with Crippen LogP contribution in [0, 0.1) is 5.82 Å². The number of carbonyl (C=O) groups is 4. The van der Waals surface area contributed by atoms with Gasteiger partial charge in [0.2, 0.25) is 0 Å². The fourth-order valence-electron chi connectivity index (χ4n) is 3.30. The van der Waals surface area contributed by atoms with Crippen molar-refractivity contribution >= 4 is 68.7 Å². The van der Waals surface area contributed by atoms with Crippen LogP contribution in [-0.4, -0.2) is 30.4 Å². The quantitative estimate of drug-likeness (QED) is 0.322. The molecule has 0 radical (unpaired) electrons. The van der Waals surface area contributed by atoms with E-state index >= 15 is 0 Å². The van der Waals surface area contributed by atoms with E-state index in [9.17, 15) is 23.6 Å². The molecule has 8 nitrogen and oxygen atoms in total. The van der Waals surface area contributed by atoms with Crippen molar-refractivity contribution in [3.8, 4) is 5.75 Å². The van der Waals surface area contributed by atoms with Crippen LogP contribution in [0.1, 0.15) is 5.56 Å². The van der Waals surface area contributed by atoms with E-state index in [1.54, 1.807) is 30.3 Å². The molecule has 0 saturated carbocycles. The van der Waals surface area contributed by atoms with Crippen molar-refractivity contribution in [2.45, 2.75) is 0 Å². The summed E-state index contributed by atoms with van der Waals surface area (Å²) in [6.07, 6.45) is 1.26. The maximum atomic E-state index is 13.1. The second-order valence-electron chi connectivity index (χ2n) is 7.46. The van der Waals surface area contributed by atoms with Crippen LogP contribution in [0.2, 0.25) is 5.02 Å². The first-order valence-electron chi connectivity index (χ1n) is 10.4. The van der Waals surface area contributed by atoms with Crippen LogP contribution in [-0.2, 0) is 14.4 Å².